The number of anilines is 2. The number of nitrogens with one attached hydrogen (secondary N) is 1. The van der Waals surface area contributed by atoms with E-state index in [4.69, 9.17) is 16.9 Å². The lowest BCUT2D eigenvalue weighted by Crippen LogP contribution is -1.93. The maximum atomic E-state index is 8.97. The van der Waals surface area contributed by atoms with E-state index in [1.807, 2.05) is 30.3 Å². The van der Waals surface area contributed by atoms with Crippen LogP contribution in [0.1, 0.15) is 5.56 Å². The molecule has 0 bridgehead atoms. The van der Waals surface area contributed by atoms with Gasteiger partial charge in [-0.05, 0) is 46.3 Å². The minimum Gasteiger partial charge on any atom is -0.354 e. The van der Waals surface area contributed by atoms with E-state index in [0.29, 0.717) is 10.6 Å². The Morgan fingerprint density at radius 2 is 1.94 bits per heavy atom. The molecular formula is C13H8BrClN2. The van der Waals surface area contributed by atoms with E-state index in [2.05, 4.69) is 27.3 Å². The summed E-state index contributed by atoms with van der Waals surface area (Å²) >= 11 is 9.33. The summed E-state index contributed by atoms with van der Waals surface area (Å²) in [5.41, 5.74) is 2.22. The van der Waals surface area contributed by atoms with Crippen LogP contribution in [0.25, 0.3) is 0 Å². The topological polar surface area (TPSA) is 35.8 Å². The lowest BCUT2D eigenvalue weighted by Gasteiger charge is -2.08. The van der Waals surface area contributed by atoms with Crippen LogP contribution in [0.4, 0.5) is 11.4 Å². The van der Waals surface area contributed by atoms with Gasteiger partial charge in [-0.3, -0.25) is 0 Å². The molecule has 0 aliphatic heterocycles. The molecule has 84 valence electrons. The maximum Gasteiger partial charge on any atom is 0.101 e. The molecule has 0 saturated carbocycles. The Morgan fingerprint density at radius 1 is 1.18 bits per heavy atom. The number of hydrogen-bond acceptors (Lipinski definition) is 2. The number of halogens is 2. The Labute approximate surface area is 113 Å². The third-order valence-corrected chi connectivity index (χ3v) is 3.48. The van der Waals surface area contributed by atoms with E-state index < -0.39 is 0 Å². The fraction of sp³-hybridized carbons (Fsp3) is 0. The number of para-hydroxylation sites is 1. The molecular weight excluding hydrogens is 300 g/mol. The average molecular weight is 308 g/mol. The number of rotatable bonds is 2. The van der Waals surface area contributed by atoms with Gasteiger partial charge in [0.1, 0.15) is 6.07 Å². The van der Waals surface area contributed by atoms with Crippen molar-refractivity contribution < 1.29 is 0 Å². The largest absolute Gasteiger partial charge is 0.354 e. The molecule has 0 radical (unpaired) electrons. The number of nitrogens with zero attached hydrogens (tertiary/aromatic N) is 1. The second-order valence-electron chi connectivity index (χ2n) is 3.41. The molecule has 0 amide bonds. The highest BCUT2D eigenvalue weighted by Gasteiger charge is 2.03. The fourth-order valence-corrected chi connectivity index (χ4v) is 1.85. The minimum absolute atomic E-state index is 0.603. The summed E-state index contributed by atoms with van der Waals surface area (Å²) in [6.45, 7) is 0. The van der Waals surface area contributed by atoms with Crippen LogP contribution >= 0.6 is 27.5 Å². The molecule has 0 aliphatic rings. The van der Waals surface area contributed by atoms with Crippen LogP contribution in [-0.2, 0) is 0 Å². The predicted molar refractivity (Wildman–Crippen MR) is 73.6 cm³/mol. The van der Waals surface area contributed by atoms with Gasteiger partial charge in [0.2, 0.25) is 0 Å². The van der Waals surface area contributed by atoms with E-state index in [1.165, 1.54) is 0 Å². The predicted octanol–water partition coefficient (Wildman–Crippen LogP) is 4.72. The van der Waals surface area contributed by atoms with Gasteiger partial charge in [-0.1, -0.05) is 23.7 Å². The van der Waals surface area contributed by atoms with E-state index in [1.54, 1.807) is 12.1 Å². The van der Waals surface area contributed by atoms with Crippen molar-refractivity contribution in [2.24, 2.45) is 0 Å². The van der Waals surface area contributed by atoms with Crippen LogP contribution < -0.4 is 5.32 Å². The van der Waals surface area contributed by atoms with E-state index in [0.717, 1.165) is 15.8 Å². The summed E-state index contributed by atoms with van der Waals surface area (Å²) in [4.78, 5) is 0. The molecule has 1 N–H and O–H groups in total. The van der Waals surface area contributed by atoms with Crippen molar-refractivity contribution >= 4 is 38.9 Å². The van der Waals surface area contributed by atoms with Crippen molar-refractivity contribution in [1.29, 1.82) is 5.26 Å². The molecule has 0 aliphatic carbocycles. The summed E-state index contributed by atoms with van der Waals surface area (Å²) in [6, 6.07) is 15.0. The van der Waals surface area contributed by atoms with Gasteiger partial charge >= 0.3 is 0 Å². The smallest absolute Gasteiger partial charge is 0.101 e. The summed E-state index contributed by atoms with van der Waals surface area (Å²) < 4.78 is 0.846. The van der Waals surface area contributed by atoms with Crippen LogP contribution in [0.15, 0.2) is 46.9 Å². The van der Waals surface area contributed by atoms with Crippen molar-refractivity contribution in [3.8, 4) is 6.07 Å². The standard InChI is InChI=1S/C13H8BrClN2/c14-11-6-5-10(7-12(11)15)17-13-4-2-1-3-9(13)8-16/h1-7,17H. The van der Waals surface area contributed by atoms with Crippen LogP contribution in [0.2, 0.25) is 5.02 Å². The Morgan fingerprint density at radius 3 is 2.65 bits per heavy atom. The van der Waals surface area contributed by atoms with Crippen LogP contribution in [0, 0.1) is 11.3 Å². The van der Waals surface area contributed by atoms with E-state index >= 15 is 0 Å². The molecule has 2 nitrogen and oxygen atoms in total. The Hall–Kier alpha value is -1.50. The first-order chi connectivity index (χ1) is 8.20. The third kappa shape index (κ3) is 2.79. The molecule has 0 saturated heterocycles. The Kier molecular flexibility index (Phi) is 3.68. The molecule has 2 aromatic carbocycles. The number of nitriles is 1. The molecule has 2 aromatic rings. The number of hydrogen-bond donors (Lipinski definition) is 1. The van der Waals surface area contributed by atoms with Crippen LogP contribution in [-0.4, -0.2) is 0 Å². The zero-order valence-corrected chi connectivity index (χ0v) is 11.1. The highest BCUT2D eigenvalue weighted by atomic mass is 79.9. The van der Waals surface area contributed by atoms with Crippen molar-refractivity contribution in [3.63, 3.8) is 0 Å². The quantitative estimate of drug-likeness (QED) is 0.871. The zero-order chi connectivity index (χ0) is 12.3. The monoisotopic (exact) mass is 306 g/mol. The molecule has 0 fully saturated rings. The van der Waals surface area contributed by atoms with Crippen molar-refractivity contribution in [3.05, 3.63) is 57.5 Å². The average Bonchev–Trinajstić information content (AvgIpc) is 2.34. The molecule has 0 unspecified atom stereocenters. The van der Waals surface area contributed by atoms with Gasteiger partial charge in [0.05, 0.1) is 16.3 Å². The van der Waals surface area contributed by atoms with Gasteiger partial charge in [0.25, 0.3) is 0 Å². The molecule has 0 aromatic heterocycles. The van der Waals surface area contributed by atoms with Crippen molar-refractivity contribution in [1.82, 2.24) is 0 Å². The van der Waals surface area contributed by atoms with Gasteiger partial charge in [0.15, 0.2) is 0 Å². The second kappa shape index (κ2) is 5.22. The molecule has 17 heavy (non-hydrogen) atoms. The highest BCUT2D eigenvalue weighted by Crippen LogP contribution is 2.28. The number of benzene rings is 2. The molecule has 4 heteroatoms. The van der Waals surface area contributed by atoms with Gasteiger partial charge in [-0.2, -0.15) is 5.26 Å². The lowest BCUT2D eigenvalue weighted by atomic mass is 10.2. The van der Waals surface area contributed by atoms with Gasteiger partial charge in [-0.25, -0.2) is 0 Å². The SMILES string of the molecule is N#Cc1ccccc1Nc1ccc(Br)c(Cl)c1. The summed E-state index contributed by atoms with van der Waals surface area (Å²) in [6.07, 6.45) is 0. The van der Waals surface area contributed by atoms with Gasteiger partial charge < -0.3 is 5.32 Å². The molecule has 0 heterocycles. The first-order valence-electron chi connectivity index (χ1n) is 4.92. The minimum atomic E-state index is 0.603. The fourth-order valence-electron chi connectivity index (χ4n) is 1.42. The zero-order valence-electron chi connectivity index (χ0n) is 8.74. The summed E-state index contributed by atoms with van der Waals surface area (Å²) in [7, 11) is 0. The Balaban J connectivity index is 2.32. The molecule has 0 spiro atoms. The van der Waals surface area contributed by atoms with E-state index in [9.17, 15) is 0 Å². The van der Waals surface area contributed by atoms with Crippen molar-refractivity contribution in [2.45, 2.75) is 0 Å². The third-order valence-electron chi connectivity index (χ3n) is 2.25. The van der Waals surface area contributed by atoms with Gasteiger partial charge in [0, 0.05) is 10.2 Å². The summed E-state index contributed by atoms with van der Waals surface area (Å²) in [5, 5.41) is 12.8. The molecule has 0 atom stereocenters. The van der Waals surface area contributed by atoms with E-state index in [-0.39, 0.29) is 0 Å². The first-order valence-corrected chi connectivity index (χ1v) is 6.09. The van der Waals surface area contributed by atoms with Crippen LogP contribution in [0.5, 0.6) is 0 Å². The maximum absolute atomic E-state index is 8.97. The lowest BCUT2D eigenvalue weighted by molar-refractivity contribution is 1.46. The molecule has 2 rings (SSSR count). The van der Waals surface area contributed by atoms with Gasteiger partial charge in [-0.15, -0.1) is 0 Å². The van der Waals surface area contributed by atoms with Crippen molar-refractivity contribution in [2.75, 3.05) is 5.32 Å². The first kappa shape index (κ1) is 12.0. The second-order valence-corrected chi connectivity index (χ2v) is 4.67. The normalized spacial score (nSPS) is 9.71. The Bertz CT molecular complexity index is 590. The van der Waals surface area contributed by atoms with Crippen LogP contribution in [0.3, 0.4) is 0 Å². The highest BCUT2D eigenvalue weighted by molar-refractivity contribution is 9.10. The summed E-state index contributed by atoms with van der Waals surface area (Å²) in [5.74, 6) is 0.